The van der Waals surface area contributed by atoms with Crippen molar-refractivity contribution < 1.29 is 27.5 Å². The smallest absolute Gasteiger partial charge is 0.319 e. The van der Waals surface area contributed by atoms with Crippen molar-refractivity contribution in [3.8, 4) is 17.0 Å². The summed E-state index contributed by atoms with van der Waals surface area (Å²) in [6.07, 6.45) is 9.42. The standard InChI is InChI=1S/C37H48N6O6S/c1-39(2)50(46,47)43(38)37(45)26-9-11-32-33(23-26)42-24-28(36(44)41-15-13-29(14-16-41)40-17-19-49-20-18-40)21-27-22-30(48-3)10-12-31(27)35(42)34(32)25-7-5-4-6-8-25/h9-12,21-23,25,29H,4-8,13-20,24,38H2,1-3H3. The lowest BCUT2D eigenvalue weighted by Crippen LogP contribution is -2.50. The number of benzene rings is 2. The molecule has 2 N–H and O–H groups in total. The summed E-state index contributed by atoms with van der Waals surface area (Å²) in [5, 5.41) is 1.00. The first-order valence-electron chi connectivity index (χ1n) is 17.8. The summed E-state index contributed by atoms with van der Waals surface area (Å²) in [4.78, 5) is 32.5. The number of ether oxygens (including phenoxy) is 2. The van der Waals surface area contributed by atoms with Crippen molar-refractivity contribution in [2.24, 2.45) is 5.84 Å². The van der Waals surface area contributed by atoms with Crippen molar-refractivity contribution >= 4 is 39.0 Å². The van der Waals surface area contributed by atoms with Crippen molar-refractivity contribution in [2.75, 3.05) is 60.6 Å². The summed E-state index contributed by atoms with van der Waals surface area (Å²) in [6, 6.07) is 11.8. The Balaban J connectivity index is 1.33. The van der Waals surface area contributed by atoms with Gasteiger partial charge >= 0.3 is 10.2 Å². The van der Waals surface area contributed by atoms with E-state index in [1.165, 1.54) is 26.1 Å². The van der Waals surface area contributed by atoms with Crippen molar-refractivity contribution in [1.29, 1.82) is 0 Å². The van der Waals surface area contributed by atoms with Gasteiger partial charge in [0.2, 0.25) is 0 Å². The number of aromatic nitrogens is 1. The van der Waals surface area contributed by atoms with Crippen molar-refractivity contribution in [3.05, 3.63) is 58.7 Å². The van der Waals surface area contributed by atoms with Gasteiger partial charge in [-0.05, 0) is 79.1 Å². The van der Waals surface area contributed by atoms with Gasteiger partial charge in [0.05, 0.1) is 32.6 Å². The molecule has 0 spiro atoms. The molecule has 7 rings (SSSR count). The highest BCUT2D eigenvalue weighted by Gasteiger charge is 2.34. The van der Waals surface area contributed by atoms with Gasteiger partial charge in [-0.2, -0.15) is 17.1 Å². The number of carbonyl (C=O) groups excluding carboxylic acids is 2. The first-order chi connectivity index (χ1) is 24.1. The minimum absolute atomic E-state index is 0.00514. The Bertz CT molecular complexity index is 1920. The van der Waals surface area contributed by atoms with E-state index in [1.54, 1.807) is 19.2 Å². The van der Waals surface area contributed by atoms with Crippen LogP contribution in [0.4, 0.5) is 0 Å². The predicted molar refractivity (Wildman–Crippen MR) is 193 cm³/mol. The SMILES string of the molecule is COc1ccc2c(c1)C=C(C(=O)N1CCC(N3CCOCC3)CC1)Cn1c-2c(C2CCCCC2)c2ccc(C(=O)N(N)S(=O)(=O)N(C)C)cc21. The highest BCUT2D eigenvalue weighted by molar-refractivity contribution is 7.87. The predicted octanol–water partition coefficient (Wildman–Crippen LogP) is 4.21. The molecule has 1 saturated carbocycles. The van der Waals surface area contributed by atoms with E-state index in [-0.39, 0.29) is 11.5 Å². The fourth-order valence-corrected chi connectivity index (χ4v) is 8.96. The molecule has 1 aliphatic carbocycles. The number of hydrogen-bond donors (Lipinski definition) is 1. The van der Waals surface area contributed by atoms with Gasteiger partial charge in [0, 0.05) is 73.9 Å². The molecule has 268 valence electrons. The van der Waals surface area contributed by atoms with E-state index in [4.69, 9.17) is 15.3 Å². The van der Waals surface area contributed by atoms with Gasteiger partial charge in [0.25, 0.3) is 11.8 Å². The molecule has 0 atom stereocenters. The Kier molecular flexibility index (Phi) is 9.79. The molecule has 3 aromatic rings. The summed E-state index contributed by atoms with van der Waals surface area (Å²) >= 11 is 0. The Morgan fingerprint density at radius 3 is 2.34 bits per heavy atom. The zero-order valence-corrected chi connectivity index (χ0v) is 30.1. The first-order valence-corrected chi connectivity index (χ1v) is 19.2. The molecular formula is C37H48N6O6S. The summed E-state index contributed by atoms with van der Waals surface area (Å²) in [5.74, 6) is 6.10. The van der Waals surface area contributed by atoms with Crippen LogP contribution in [0.25, 0.3) is 28.2 Å². The van der Waals surface area contributed by atoms with Crippen LogP contribution in [0.3, 0.4) is 0 Å². The van der Waals surface area contributed by atoms with Gasteiger partial charge in [-0.25, -0.2) is 5.84 Å². The van der Waals surface area contributed by atoms with E-state index < -0.39 is 16.1 Å². The molecule has 2 amide bonds. The van der Waals surface area contributed by atoms with Crippen LogP contribution in [0.5, 0.6) is 5.75 Å². The molecule has 2 aromatic carbocycles. The summed E-state index contributed by atoms with van der Waals surface area (Å²) < 4.78 is 40.2. The van der Waals surface area contributed by atoms with Crippen LogP contribution < -0.4 is 10.6 Å². The number of hydrazine groups is 1. The van der Waals surface area contributed by atoms with E-state index in [0.717, 1.165) is 96.9 Å². The van der Waals surface area contributed by atoms with Crippen LogP contribution in [0.2, 0.25) is 0 Å². The number of methoxy groups -OCH3 is 1. The zero-order chi connectivity index (χ0) is 35.2. The summed E-state index contributed by atoms with van der Waals surface area (Å²) in [7, 11) is 0.112. The van der Waals surface area contributed by atoms with E-state index in [1.807, 2.05) is 29.2 Å². The highest BCUT2D eigenvalue weighted by atomic mass is 32.2. The van der Waals surface area contributed by atoms with Gasteiger partial charge in [-0.1, -0.05) is 25.3 Å². The molecule has 2 saturated heterocycles. The van der Waals surface area contributed by atoms with Gasteiger partial charge < -0.3 is 18.9 Å². The van der Waals surface area contributed by atoms with Gasteiger partial charge in [0.15, 0.2) is 0 Å². The van der Waals surface area contributed by atoms with E-state index in [0.29, 0.717) is 47.3 Å². The number of rotatable bonds is 7. The minimum atomic E-state index is -4.20. The maximum Gasteiger partial charge on any atom is 0.319 e. The van der Waals surface area contributed by atoms with Crippen LogP contribution in [0, 0.1) is 0 Å². The molecule has 0 bridgehead atoms. The number of nitrogens with zero attached hydrogens (tertiary/aromatic N) is 5. The molecule has 3 fully saturated rings. The van der Waals surface area contributed by atoms with Crippen molar-refractivity contribution in [3.63, 3.8) is 0 Å². The lowest BCUT2D eigenvalue weighted by Gasteiger charge is -2.40. The third-order valence-electron chi connectivity index (χ3n) is 11.0. The molecule has 3 aliphatic heterocycles. The normalized spacial score (nSPS) is 19.5. The quantitative estimate of drug-likeness (QED) is 0.220. The number of nitrogens with two attached hydrogens (primary N) is 1. The molecule has 4 aliphatic rings. The van der Waals surface area contributed by atoms with Gasteiger partial charge in [0.1, 0.15) is 5.75 Å². The molecule has 13 heteroatoms. The van der Waals surface area contributed by atoms with E-state index in [2.05, 4.69) is 15.5 Å². The maximum atomic E-state index is 14.5. The average Bonchev–Trinajstić information content (AvgIpc) is 3.36. The summed E-state index contributed by atoms with van der Waals surface area (Å²) in [5.41, 5.74) is 5.74. The number of piperidine rings is 1. The van der Waals surface area contributed by atoms with Crippen LogP contribution >= 0.6 is 0 Å². The molecular weight excluding hydrogens is 657 g/mol. The molecule has 1 aromatic heterocycles. The van der Waals surface area contributed by atoms with Crippen LogP contribution in [0.15, 0.2) is 42.0 Å². The largest absolute Gasteiger partial charge is 0.497 e. The maximum absolute atomic E-state index is 14.5. The highest BCUT2D eigenvalue weighted by Crippen LogP contribution is 2.47. The monoisotopic (exact) mass is 704 g/mol. The molecule has 0 unspecified atom stereocenters. The first kappa shape index (κ1) is 34.7. The van der Waals surface area contributed by atoms with E-state index >= 15 is 0 Å². The third-order valence-corrected chi connectivity index (χ3v) is 12.6. The Labute approximate surface area is 294 Å². The average molecular weight is 705 g/mol. The Hall–Kier alpha value is -3.75. The van der Waals surface area contributed by atoms with Gasteiger partial charge in [-0.15, -0.1) is 0 Å². The van der Waals surface area contributed by atoms with Crippen LogP contribution in [-0.4, -0.2) is 110 Å². The third kappa shape index (κ3) is 6.34. The second kappa shape index (κ2) is 14.1. The second-order valence-electron chi connectivity index (χ2n) is 14.1. The molecule has 0 radical (unpaired) electrons. The van der Waals surface area contributed by atoms with E-state index in [9.17, 15) is 18.0 Å². The molecule has 50 heavy (non-hydrogen) atoms. The fourth-order valence-electron chi connectivity index (χ4n) is 8.29. The number of amides is 2. The minimum Gasteiger partial charge on any atom is -0.497 e. The van der Waals surface area contributed by atoms with Crippen LogP contribution in [0.1, 0.15) is 72.3 Å². The fraction of sp³-hybridized carbons (Fsp3) is 0.514. The van der Waals surface area contributed by atoms with Gasteiger partial charge in [-0.3, -0.25) is 14.5 Å². The van der Waals surface area contributed by atoms with Crippen molar-refractivity contribution in [2.45, 2.75) is 63.5 Å². The number of morpholine rings is 1. The lowest BCUT2D eigenvalue weighted by atomic mass is 9.81. The van der Waals surface area contributed by atoms with Crippen molar-refractivity contribution in [1.82, 2.24) is 23.1 Å². The topological polar surface area (TPSA) is 131 Å². The summed E-state index contributed by atoms with van der Waals surface area (Å²) in [6.45, 7) is 5.05. The number of carbonyl (C=O) groups is 2. The Morgan fingerprint density at radius 1 is 0.940 bits per heavy atom. The lowest BCUT2D eigenvalue weighted by molar-refractivity contribution is -0.129. The molecule has 4 heterocycles. The molecule has 12 nitrogen and oxygen atoms in total. The zero-order valence-electron chi connectivity index (χ0n) is 29.3. The number of fused-ring (bicyclic) bond motifs is 5. The Morgan fingerprint density at radius 2 is 1.66 bits per heavy atom. The number of likely N-dealkylation sites (tertiary alicyclic amines) is 1. The number of hydrogen-bond acceptors (Lipinski definition) is 8. The van der Waals surface area contributed by atoms with Crippen LogP contribution in [-0.2, 0) is 26.3 Å². The second-order valence-corrected chi connectivity index (χ2v) is 16.1.